The van der Waals surface area contributed by atoms with E-state index >= 15 is 0 Å². The van der Waals surface area contributed by atoms with Crippen molar-refractivity contribution >= 4 is 63.8 Å². The molecule has 6 bridgehead atoms. The fourth-order valence-electron chi connectivity index (χ4n) is 5.53. The molecule has 0 atom stereocenters. The molecule has 1 saturated heterocycles. The van der Waals surface area contributed by atoms with Crippen molar-refractivity contribution in [1.29, 1.82) is 0 Å². The van der Waals surface area contributed by atoms with Crippen LogP contribution in [0.2, 0.25) is 5.02 Å². The number of alkyl halides is 6. The Hall–Kier alpha value is -5.59. The van der Waals surface area contributed by atoms with E-state index in [0.29, 0.717) is 48.5 Å². The van der Waals surface area contributed by atoms with Crippen LogP contribution in [-0.4, -0.2) is 78.2 Å². The molecular weight excluding hydrogens is 736 g/mol. The van der Waals surface area contributed by atoms with E-state index in [0.717, 1.165) is 47.5 Å². The molecule has 0 radical (unpaired) electrons. The lowest BCUT2D eigenvalue weighted by Crippen LogP contribution is -2.40. The number of Topliss-reactive ketones (excluding diaryl/α,β-unsaturated/α-hetero) is 2. The van der Waals surface area contributed by atoms with Gasteiger partial charge in [-0.25, -0.2) is 9.97 Å². The van der Waals surface area contributed by atoms with Gasteiger partial charge in [0.05, 0.1) is 18.1 Å². The molecule has 6 rings (SSSR count). The van der Waals surface area contributed by atoms with Crippen LogP contribution in [0.1, 0.15) is 41.0 Å². The Morgan fingerprint density at radius 2 is 1.60 bits per heavy atom. The molecule has 5 heterocycles. The van der Waals surface area contributed by atoms with Crippen molar-refractivity contribution in [3.8, 4) is 0 Å². The molecule has 0 spiro atoms. The van der Waals surface area contributed by atoms with Gasteiger partial charge >= 0.3 is 23.9 Å². The maximum Gasteiger partial charge on any atom is 0.458 e. The molecule has 53 heavy (non-hydrogen) atoms. The van der Waals surface area contributed by atoms with E-state index in [4.69, 9.17) is 11.6 Å². The molecule has 280 valence electrons. The van der Waals surface area contributed by atoms with E-state index in [9.17, 15) is 45.5 Å². The smallest absolute Gasteiger partial charge is 0.339 e. The van der Waals surface area contributed by atoms with E-state index in [1.165, 1.54) is 0 Å². The molecule has 2 amide bonds. The SMILES string of the molecule is Cn1ccnc1C(=O)N1CCC(CC(=O)Nc2ccc3cc2CCc2cncc(c2)Nc2ncc(Cl)c(n2)N3)CC1.O=C(C(=O)C(F)(F)F)C(F)(F)F. The summed E-state index contributed by atoms with van der Waals surface area (Å²) in [5.74, 6) is -5.38. The summed E-state index contributed by atoms with van der Waals surface area (Å²) in [6, 6.07) is 7.83. The Labute approximate surface area is 302 Å². The van der Waals surface area contributed by atoms with Crippen LogP contribution in [0.15, 0.2) is 55.2 Å². The second-order valence-electron chi connectivity index (χ2n) is 12.1. The maximum absolute atomic E-state index is 13.2. The van der Waals surface area contributed by atoms with Crippen LogP contribution in [0.4, 0.5) is 55.2 Å². The number of carbonyl (C=O) groups excluding carboxylic acids is 4. The van der Waals surface area contributed by atoms with Gasteiger partial charge in [0.15, 0.2) is 11.6 Å². The molecule has 1 aromatic carbocycles. The van der Waals surface area contributed by atoms with Crippen molar-refractivity contribution in [3.05, 3.63) is 77.2 Å². The van der Waals surface area contributed by atoms with E-state index in [1.54, 1.807) is 29.4 Å². The van der Waals surface area contributed by atoms with Crippen molar-refractivity contribution in [2.75, 3.05) is 29.0 Å². The van der Waals surface area contributed by atoms with Gasteiger partial charge in [-0.15, -0.1) is 0 Å². The predicted molar refractivity (Wildman–Crippen MR) is 179 cm³/mol. The number of pyridine rings is 1. The molecule has 2 aliphatic heterocycles. The molecular formula is C33H30ClF6N9O4. The monoisotopic (exact) mass is 765 g/mol. The topological polar surface area (TPSA) is 164 Å². The number of hydrogen-bond donors (Lipinski definition) is 3. The van der Waals surface area contributed by atoms with Crippen LogP contribution in [0.5, 0.6) is 0 Å². The number of hydrogen-bond acceptors (Lipinski definition) is 10. The Morgan fingerprint density at radius 1 is 0.906 bits per heavy atom. The first-order chi connectivity index (χ1) is 25.0. The summed E-state index contributed by atoms with van der Waals surface area (Å²) in [4.78, 5) is 64.3. The minimum Gasteiger partial charge on any atom is -0.339 e. The number of halogens is 7. The largest absolute Gasteiger partial charge is 0.458 e. The van der Waals surface area contributed by atoms with Crippen molar-refractivity contribution in [3.63, 3.8) is 0 Å². The van der Waals surface area contributed by atoms with Gasteiger partial charge in [0.25, 0.3) is 5.91 Å². The lowest BCUT2D eigenvalue weighted by Gasteiger charge is -2.31. The van der Waals surface area contributed by atoms with Crippen LogP contribution in [0, 0.1) is 5.92 Å². The summed E-state index contributed by atoms with van der Waals surface area (Å²) in [7, 11) is 1.82. The first-order valence-electron chi connectivity index (χ1n) is 15.9. The second-order valence-corrected chi connectivity index (χ2v) is 12.5. The highest BCUT2D eigenvalue weighted by Gasteiger charge is 2.54. The summed E-state index contributed by atoms with van der Waals surface area (Å²) in [6.07, 6.45) is 0.343. The van der Waals surface area contributed by atoms with Gasteiger partial charge in [-0.05, 0) is 67.0 Å². The average Bonchev–Trinajstić information content (AvgIpc) is 3.54. The van der Waals surface area contributed by atoms with Crippen molar-refractivity contribution < 1.29 is 45.5 Å². The lowest BCUT2D eigenvalue weighted by atomic mass is 9.93. The number of aromatic nitrogens is 5. The molecule has 2 aliphatic rings. The number of benzene rings is 1. The number of imidazole rings is 1. The standard InChI is InChI=1S/C29H30ClN9O2.C4F6O2/c1-38-11-8-32-27(38)28(41)39-9-6-18(7-10-39)13-25(40)36-24-5-4-21-14-20(24)3-2-19-12-22(16-31-15-19)35-29-33-17-23(30)26(34-21)37-29;5-3(6,7)1(11)2(12)4(8,9)10/h4-5,8,11-12,14-18H,2-3,6-7,9-10,13H2,1H3,(H,36,40)(H2,33,34,35,37);. The number of nitrogens with zero attached hydrogens (tertiary/aromatic N) is 6. The van der Waals surface area contributed by atoms with Gasteiger partial charge in [-0.1, -0.05) is 11.6 Å². The van der Waals surface area contributed by atoms with Crippen LogP contribution >= 0.6 is 11.6 Å². The zero-order valence-corrected chi connectivity index (χ0v) is 28.4. The number of rotatable bonds is 5. The second kappa shape index (κ2) is 16.0. The molecule has 0 saturated carbocycles. The normalized spacial score (nSPS) is 14.5. The molecule has 1 fully saturated rings. The van der Waals surface area contributed by atoms with Crippen LogP contribution in [-0.2, 0) is 34.3 Å². The molecule has 13 nitrogen and oxygen atoms in total. The summed E-state index contributed by atoms with van der Waals surface area (Å²) in [5.41, 5.74) is 4.39. The Morgan fingerprint density at radius 3 is 2.25 bits per heavy atom. The van der Waals surface area contributed by atoms with Crippen molar-refractivity contribution in [1.82, 2.24) is 29.4 Å². The first-order valence-corrected chi connectivity index (χ1v) is 16.3. The number of nitrogens with one attached hydrogen (secondary N) is 3. The maximum atomic E-state index is 13.2. The van der Waals surface area contributed by atoms with Gasteiger partial charge in [0, 0.05) is 56.5 Å². The van der Waals surface area contributed by atoms with Gasteiger partial charge in [0.2, 0.25) is 11.9 Å². The third kappa shape index (κ3) is 10.1. The van der Waals surface area contributed by atoms with E-state index < -0.39 is 23.9 Å². The number of aryl methyl sites for hydroxylation is 3. The minimum absolute atomic E-state index is 0.0323. The Kier molecular flexibility index (Phi) is 11.6. The zero-order valence-electron chi connectivity index (χ0n) is 27.7. The number of piperidine rings is 1. The lowest BCUT2D eigenvalue weighted by molar-refractivity contribution is -0.193. The Balaban J connectivity index is 0.000000390. The summed E-state index contributed by atoms with van der Waals surface area (Å²) in [6.45, 7) is 1.23. The van der Waals surface area contributed by atoms with Crippen LogP contribution < -0.4 is 16.0 Å². The zero-order chi connectivity index (χ0) is 38.5. The fourth-order valence-corrected chi connectivity index (χ4v) is 5.67. The number of anilines is 5. The van der Waals surface area contributed by atoms with Crippen molar-refractivity contribution in [2.24, 2.45) is 13.0 Å². The van der Waals surface area contributed by atoms with E-state index in [2.05, 4.69) is 35.9 Å². The minimum atomic E-state index is -5.77. The Bertz CT molecular complexity index is 1990. The highest BCUT2D eigenvalue weighted by Crippen LogP contribution is 2.30. The average molecular weight is 766 g/mol. The van der Waals surface area contributed by atoms with Gasteiger partial charge in [-0.2, -0.15) is 31.3 Å². The molecule has 3 N–H and O–H groups in total. The highest BCUT2D eigenvalue weighted by molar-refractivity contribution is 6.41. The number of fused-ring (bicyclic) bond motifs is 6. The number of carbonyl (C=O) groups is 4. The van der Waals surface area contributed by atoms with Crippen LogP contribution in [0.25, 0.3) is 0 Å². The van der Waals surface area contributed by atoms with E-state index in [-0.39, 0.29) is 17.7 Å². The van der Waals surface area contributed by atoms with E-state index in [1.807, 2.05) is 42.4 Å². The molecule has 3 aromatic heterocycles. The van der Waals surface area contributed by atoms with Crippen LogP contribution in [0.3, 0.4) is 0 Å². The number of amides is 2. The third-order valence-corrected chi connectivity index (χ3v) is 8.51. The molecule has 4 aromatic rings. The third-order valence-electron chi connectivity index (χ3n) is 8.23. The number of ketones is 2. The van der Waals surface area contributed by atoms with Gasteiger partial charge < -0.3 is 25.4 Å². The van der Waals surface area contributed by atoms with Gasteiger partial charge in [-0.3, -0.25) is 24.2 Å². The fraction of sp³-hybridized carbons (Fsp3) is 0.333. The summed E-state index contributed by atoms with van der Waals surface area (Å²) in [5, 5.41) is 10.0. The van der Waals surface area contributed by atoms with Gasteiger partial charge in [0.1, 0.15) is 5.02 Å². The summed E-state index contributed by atoms with van der Waals surface area (Å²) < 4.78 is 68.7. The molecule has 20 heteroatoms. The first kappa shape index (κ1) is 38.6. The predicted octanol–water partition coefficient (Wildman–Crippen LogP) is 5.97. The summed E-state index contributed by atoms with van der Waals surface area (Å²) >= 11 is 6.37. The molecule has 0 aliphatic carbocycles. The number of likely N-dealkylation sites (tertiary alicyclic amines) is 1. The highest BCUT2D eigenvalue weighted by atomic mass is 35.5. The molecule has 0 unspecified atom stereocenters. The van der Waals surface area contributed by atoms with Crippen molar-refractivity contribution in [2.45, 2.75) is 44.5 Å². The quantitative estimate of drug-likeness (QED) is 0.163.